The lowest BCUT2D eigenvalue weighted by atomic mass is 10.2. The second kappa shape index (κ2) is 7.63. The molecule has 3 aromatic heterocycles. The number of rotatable bonds is 4. The minimum atomic E-state index is -0.201. The van der Waals surface area contributed by atoms with Crippen LogP contribution in [0.2, 0.25) is 0 Å². The van der Waals surface area contributed by atoms with E-state index in [4.69, 9.17) is 4.74 Å². The van der Waals surface area contributed by atoms with E-state index < -0.39 is 0 Å². The van der Waals surface area contributed by atoms with Crippen LogP contribution in [-0.4, -0.2) is 25.3 Å². The molecular formula is C18H21ClN4O2. The Morgan fingerprint density at radius 2 is 2.00 bits per heavy atom. The first kappa shape index (κ1) is 18.9. The van der Waals surface area contributed by atoms with Crippen LogP contribution in [0.25, 0.3) is 16.9 Å². The molecule has 0 saturated carbocycles. The van der Waals surface area contributed by atoms with Gasteiger partial charge in [-0.15, -0.1) is 12.4 Å². The fourth-order valence-corrected chi connectivity index (χ4v) is 2.20. The molecule has 0 aliphatic carbocycles. The summed E-state index contributed by atoms with van der Waals surface area (Å²) in [6.45, 7) is 6.51. The van der Waals surface area contributed by atoms with Gasteiger partial charge in [0.25, 0.3) is 5.56 Å². The van der Waals surface area contributed by atoms with E-state index in [1.807, 2.05) is 32.9 Å². The van der Waals surface area contributed by atoms with Crippen LogP contribution in [0.4, 0.5) is 0 Å². The highest BCUT2D eigenvalue weighted by atomic mass is 35.5. The molecule has 0 amide bonds. The normalized spacial score (nSPS) is 11.2. The van der Waals surface area contributed by atoms with E-state index in [2.05, 4.69) is 15.1 Å². The van der Waals surface area contributed by atoms with Gasteiger partial charge in [-0.2, -0.15) is 0 Å². The molecule has 0 aliphatic heterocycles. The van der Waals surface area contributed by atoms with Crippen molar-refractivity contribution in [3.8, 4) is 16.9 Å². The second-order valence-electron chi connectivity index (χ2n) is 6.50. The van der Waals surface area contributed by atoms with Crippen molar-refractivity contribution in [1.29, 1.82) is 0 Å². The van der Waals surface area contributed by atoms with Crippen LogP contribution in [0.1, 0.15) is 26.3 Å². The summed E-state index contributed by atoms with van der Waals surface area (Å²) in [6.07, 6.45) is 6.72. The Bertz CT molecular complexity index is 865. The Morgan fingerprint density at radius 3 is 2.60 bits per heavy atom. The van der Waals surface area contributed by atoms with Crippen molar-refractivity contribution in [2.24, 2.45) is 0 Å². The summed E-state index contributed by atoms with van der Waals surface area (Å²) in [5.74, 6) is 0.537. The Hall–Kier alpha value is -2.44. The predicted molar refractivity (Wildman–Crippen MR) is 99.2 cm³/mol. The van der Waals surface area contributed by atoms with Crippen molar-refractivity contribution >= 4 is 12.4 Å². The smallest absolute Gasteiger partial charge is 0.280 e. The Morgan fingerprint density at radius 1 is 1.20 bits per heavy atom. The average Bonchev–Trinajstić information content (AvgIpc) is 2.95. The number of hydrogen-bond donors (Lipinski definition) is 1. The third-order valence-corrected chi connectivity index (χ3v) is 3.45. The van der Waals surface area contributed by atoms with E-state index in [1.165, 1.54) is 4.68 Å². The highest BCUT2D eigenvalue weighted by molar-refractivity contribution is 5.85. The van der Waals surface area contributed by atoms with Gasteiger partial charge in [-0.05, 0) is 38.5 Å². The number of hydrogen-bond acceptors (Lipinski definition) is 4. The van der Waals surface area contributed by atoms with Crippen LogP contribution in [0.15, 0.2) is 53.8 Å². The third-order valence-electron chi connectivity index (χ3n) is 3.45. The summed E-state index contributed by atoms with van der Waals surface area (Å²) in [5, 5.41) is 2.95. The lowest BCUT2D eigenvalue weighted by Gasteiger charge is -2.19. The molecule has 25 heavy (non-hydrogen) atoms. The minimum absolute atomic E-state index is 0. The minimum Gasteiger partial charge on any atom is -0.371 e. The molecule has 0 fully saturated rings. The van der Waals surface area contributed by atoms with Crippen molar-refractivity contribution in [1.82, 2.24) is 19.7 Å². The maximum Gasteiger partial charge on any atom is 0.280 e. The van der Waals surface area contributed by atoms with E-state index in [9.17, 15) is 4.79 Å². The first-order valence-corrected chi connectivity index (χ1v) is 7.74. The molecule has 132 valence electrons. The van der Waals surface area contributed by atoms with E-state index in [0.717, 1.165) is 11.1 Å². The molecule has 0 atom stereocenters. The van der Waals surface area contributed by atoms with Crippen LogP contribution in [0.3, 0.4) is 0 Å². The van der Waals surface area contributed by atoms with Crippen molar-refractivity contribution in [2.75, 3.05) is 0 Å². The molecule has 3 rings (SSSR count). The zero-order valence-electron chi connectivity index (χ0n) is 14.4. The molecule has 6 nitrogen and oxygen atoms in total. The van der Waals surface area contributed by atoms with Gasteiger partial charge in [0.2, 0.25) is 0 Å². The standard InChI is InChI=1S/C18H20N4O2.ClH/c1-18(2,3)24-12-13-6-7-16(20-9-13)22-17(23)15(11-21-22)14-5-4-8-19-10-14;/h4-11,21H,12H2,1-3H3;1H. The first-order valence-electron chi connectivity index (χ1n) is 7.74. The average molecular weight is 361 g/mol. The molecular weight excluding hydrogens is 340 g/mol. The molecule has 0 aromatic carbocycles. The van der Waals surface area contributed by atoms with E-state index in [0.29, 0.717) is 18.0 Å². The van der Waals surface area contributed by atoms with Crippen molar-refractivity contribution < 1.29 is 4.74 Å². The van der Waals surface area contributed by atoms with Crippen LogP contribution < -0.4 is 5.56 Å². The van der Waals surface area contributed by atoms with Crippen molar-refractivity contribution in [3.05, 3.63) is 65.0 Å². The van der Waals surface area contributed by atoms with Gasteiger partial charge in [0, 0.05) is 30.4 Å². The summed E-state index contributed by atoms with van der Waals surface area (Å²) >= 11 is 0. The largest absolute Gasteiger partial charge is 0.371 e. The molecule has 0 radical (unpaired) electrons. The van der Waals surface area contributed by atoms with E-state index >= 15 is 0 Å². The van der Waals surface area contributed by atoms with Gasteiger partial charge >= 0.3 is 0 Å². The molecule has 0 bridgehead atoms. The van der Waals surface area contributed by atoms with Gasteiger partial charge in [-0.3, -0.25) is 14.9 Å². The van der Waals surface area contributed by atoms with Crippen molar-refractivity contribution in [2.45, 2.75) is 33.0 Å². The lowest BCUT2D eigenvalue weighted by molar-refractivity contribution is -0.0150. The monoisotopic (exact) mass is 360 g/mol. The Kier molecular flexibility index (Phi) is 5.77. The Balaban J connectivity index is 0.00000225. The number of pyridine rings is 2. The van der Waals surface area contributed by atoms with Crippen LogP contribution in [0.5, 0.6) is 0 Å². The topological polar surface area (TPSA) is 72.8 Å². The highest BCUT2D eigenvalue weighted by Crippen LogP contribution is 2.15. The zero-order chi connectivity index (χ0) is 17.2. The molecule has 3 heterocycles. The summed E-state index contributed by atoms with van der Waals surface area (Å²) < 4.78 is 7.14. The molecule has 0 aliphatic rings. The Labute approximate surface area is 152 Å². The zero-order valence-corrected chi connectivity index (χ0v) is 15.2. The fraction of sp³-hybridized carbons (Fsp3) is 0.278. The number of aromatic amines is 1. The van der Waals surface area contributed by atoms with Gasteiger partial charge in [-0.1, -0.05) is 12.1 Å². The fourth-order valence-electron chi connectivity index (χ4n) is 2.20. The van der Waals surface area contributed by atoms with Gasteiger partial charge in [0.1, 0.15) is 0 Å². The maximum atomic E-state index is 12.6. The maximum absolute atomic E-state index is 12.6. The van der Waals surface area contributed by atoms with Gasteiger partial charge in [0.05, 0.1) is 17.8 Å². The summed E-state index contributed by atoms with van der Waals surface area (Å²) in [7, 11) is 0. The number of nitrogens with zero attached hydrogens (tertiary/aromatic N) is 3. The van der Waals surface area contributed by atoms with Crippen LogP contribution >= 0.6 is 12.4 Å². The van der Waals surface area contributed by atoms with Gasteiger partial charge < -0.3 is 4.74 Å². The number of ether oxygens (including phenoxy) is 1. The number of aromatic nitrogens is 4. The second-order valence-corrected chi connectivity index (χ2v) is 6.50. The molecule has 3 aromatic rings. The van der Waals surface area contributed by atoms with E-state index in [-0.39, 0.29) is 23.6 Å². The molecule has 0 saturated heterocycles. The third kappa shape index (κ3) is 4.55. The van der Waals surface area contributed by atoms with Gasteiger partial charge in [0.15, 0.2) is 5.82 Å². The summed E-state index contributed by atoms with van der Waals surface area (Å²) in [5.41, 5.74) is 1.93. The first-order chi connectivity index (χ1) is 11.4. The SMILES string of the molecule is CC(C)(C)OCc1ccc(-n2[nH]cc(-c3cccnc3)c2=O)nc1.Cl. The lowest BCUT2D eigenvalue weighted by Crippen LogP contribution is -2.19. The predicted octanol–water partition coefficient (Wildman–Crippen LogP) is 3.36. The molecule has 0 unspecified atom stereocenters. The molecule has 0 spiro atoms. The molecule has 1 N–H and O–H groups in total. The molecule has 7 heteroatoms. The number of H-pyrrole nitrogens is 1. The summed E-state index contributed by atoms with van der Waals surface area (Å²) in [6, 6.07) is 7.36. The number of halogens is 1. The van der Waals surface area contributed by atoms with E-state index in [1.54, 1.807) is 36.9 Å². The highest BCUT2D eigenvalue weighted by Gasteiger charge is 2.12. The van der Waals surface area contributed by atoms with Gasteiger partial charge in [-0.25, -0.2) is 9.67 Å². The van der Waals surface area contributed by atoms with Crippen LogP contribution in [0, 0.1) is 0 Å². The summed E-state index contributed by atoms with van der Waals surface area (Å²) in [4.78, 5) is 20.9. The van der Waals surface area contributed by atoms with Crippen molar-refractivity contribution in [3.63, 3.8) is 0 Å². The quantitative estimate of drug-likeness (QED) is 0.774. The van der Waals surface area contributed by atoms with Crippen LogP contribution in [-0.2, 0) is 11.3 Å². The number of nitrogens with one attached hydrogen (secondary N) is 1.